The first-order chi connectivity index (χ1) is 9.88. The molecule has 0 aliphatic carbocycles. The molecule has 4 N–H and O–H groups in total. The molecule has 118 valence electrons. The zero-order chi connectivity index (χ0) is 15.9. The maximum absolute atomic E-state index is 5.78. The van der Waals surface area contributed by atoms with Gasteiger partial charge in [-0.25, -0.2) is 0 Å². The second kappa shape index (κ2) is 8.29. The zero-order valence-electron chi connectivity index (χ0n) is 13.7. The third-order valence-corrected chi connectivity index (χ3v) is 3.80. The van der Waals surface area contributed by atoms with E-state index < -0.39 is 0 Å². The molecule has 0 aromatic heterocycles. The Bertz CT molecular complexity index is 469. The van der Waals surface area contributed by atoms with Crippen LogP contribution < -0.4 is 16.4 Å². The highest BCUT2D eigenvalue weighted by atomic mass is 32.2. The second-order valence-corrected chi connectivity index (χ2v) is 7.01. The monoisotopic (exact) mass is 308 g/mol. The van der Waals surface area contributed by atoms with Crippen LogP contribution in [0.4, 0.5) is 5.69 Å². The Hall–Kier alpha value is -1.20. The van der Waals surface area contributed by atoms with E-state index in [-0.39, 0.29) is 5.41 Å². The quantitative estimate of drug-likeness (QED) is 0.429. The van der Waals surface area contributed by atoms with Crippen LogP contribution in [-0.2, 0) is 0 Å². The van der Waals surface area contributed by atoms with E-state index in [1.807, 2.05) is 12.1 Å². The topological polar surface area (TPSA) is 62.4 Å². The van der Waals surface area contributed by atoms with Gasteiger partial charge in [-0.2, -0.15) is 0 Å². The highest BCUT2D eigenvalue weighted by molar-refractivity contribution is 7.98. The molecule has 1 rings (SSSR count). The number of para-hydroxylation sites is 1. The van der Waals surface area contributed by atoms with Crippen LogP contribution in [0.3, 0.4) is 0 Å². The van der Waals surface area contributed by atoms with Gasteiger partial charge in [-0.05, 0) is 44.2 Å². The molecule has 0 heterocycles. The number of rotatable bonds is 6. The van der Waals surface area contributed by atoms with Crippen LogP contribution in [0.15, 0.2) is 34.2 Å². The maximum Gasteiger partial charge on any atom is 0.196 e. The fourth-order valence-electron chi connectivity index (χ4n) is 1.63. The van der Waals surface area contributed by atoms with Crippen molar-refractivity contribution in [2.75, 3.05) is 24.7 Å². The standard InChI is InChI=1S/C16H28N4S/c1-12(2)19-15(18-11-16(3,4)10-17)20-13-8-6-7-9-14(13)21-5/h6-9,12H,10-11,17H2,1-5H3,(H2,18,19,20). The van der Waals surface area contributed by atoms with E-state index in [0.717, 1.165) is 11.6 Å². The molecule has 4 nitrogen and oxygen atoms in total. The Morgan fingerprint density at radius 3 is 2.57 bits per heavy atom. The molecule has 1 aromatic carbocycles. The number of guanidine groups is 1. The Kier molecular flexibility index (Phi) is 7.05. The first kappa shape index (κ1) is 17.9. The average Bonchev–Trinajstić information content (AvgIpc) is 2.45. The molecule has 1 aromatic rings. The Morgan fingerprint density at radius 1 is 1.33 bits per heavy atom. The predicted molar refractivity (Wildman–Crippen MR) is 95.3 cm³/mol. The predicted octanol–water partition coefficient (Wildman–Crippen LogP) is 3.16. The van der Waals surface area contributed by atoms with Gasteiger partial charge in [0.15, 0.2) is 5.96 Å². The van der Waals surface area contributed by atoms with Gasteiger partial charge in [0.05, 0.1) is 5.69 Å². The van der Waals surface area contributed by atoms with E-state index in [0.29, 0.717) is 19.1 Å². The Labute approximate surface area is 133 Å². The largest absolute Gasteiger partial charge is 0.354 e. The molecular formula is C16H28N4S. The lowest BCUT2D eigenvalue weighted by Gasteiger charge is -2.22. The van der Waals surface area contributed by atoms with Gasteiger partial charge < -0.3 is 16.4 Å². The van der Waals surface area contributed by atoms with Gasteiger partial charge in [0.2, 0.25) is 0 Å². The van der Waals surface area contributed by atoms with Crippen LogP contribution in [0, 0.1) is 5.41 Å². The zero-order valence-corrected chi connectivity index (χ0v) is 14.6. The third kappa shape index (κ3) is 6.40. The number of thioether (sulfide) groups is 1. The number of aliphatic imine (C=N–C) groups is 1. The van der Waals surface area contributed by atoms with Crippen LogP contribution in [0.1, 0.15) is 27.7 Å². The highest BCUT2D eigenvalue weighted by Gasteiger charge is 2.15. The van der Waals surface area contributed by atoms with Gasteiger partial charge in [-0.3, -0.25) is 4.99 Å². The second-order valence-electron chi connectivity index (χ2n) is 6.16. The number of nitrogens with one attached hydrogen (secondary N) is 2. The van der Waals surface area contributed by atoms with Crippen LogP contribution >= 0.6 is 11.8 Å². The van der Waals surface area contributed by atoms with E-state index >= 15 is 0 Å². The van der Waals surface area contributed by atoms with E-state index in [4.69, 9.17) is 5.73 Å². The van der Waals surface area contributed by atoms with Crippen molar-refractivity contribution in [2.24, 2.45) is 16.1 Å². The SMILES string of the molecule is CSc1ccccc1NC(=NCC(C)(C)CN)NC(C)C. The summed E-state index contributed by atoms with van der Waals surface area (Å²) >= 11 is 1.72. The third-order valence-electron chi connectivity index (χ3n) is 3.00. The molecule has 21 heavy (non-hydrogen) atoms. The lowest BCUT2D eigenvalue weighted by atomic mass is 9.94. The molecule has 0 aliphatic heterocycles. The minimum Gasteiger partial charge on any atom is -0.354 e. The van der Waals surface area contributed by atoms with E-state index in [1.54, 1.807) is 11.8 Å². The normalized spacial score (nSPS) is 12.6. The molecule has 0 bridgehead atoms. The molecule has 0 radical (unpaired) electrons. The molecule has 0 atom stereocenters. The summed E-state index contributed by atoms with van der Waals surface area (Å²) in [5.74, 6) is 0.799. The molecule has 5 heteroatoms. The smallest absolute Gasteiger partial charge is 0.196 e. The summed E-state index contributed by atoms with van der Waals surface area (Å²) in [4.78, 5) is 5.88. The fraction of sp³-hybridized carbons (Fsp3) is 0.562. The Morgan fingerprint density at radius 2 is 2.00 bits per heavy atom. The summed E-state index contributed by atoms with van der Waals surface area (Å²) in [6.45, 7) is 9.76. The lowest BCUT2D eigenvalue weighted by Crippen LogP contribution is -2.37. The molecule has 0 saturated carbocycles. The average molecular weight is 308 g/mol. The van der Waals surface area contributed by atoms with Crippen molar-refractivity contribution in [1.29, 1.82) is 0 Å². The molecule has 0 amide bonds. The number of anilines is 1. The van der Waals surface area contributed by atoms with Crippen molar-refractivity contribution in [3.05, 3.63) is 24.3 Å². The van der Waals surface area contributed by atoms with Crippen molar-refractivity contribution in [1.82, 2.24) is 5.32 Å². The number of hydrogen-bond donors (Lipinski definition) is 3. The van der Waals surface area contributed by atoms with Crippen molar-refractivity contribution in [2.45, 2.75) is 38.6 Å². The lowest BCUT2D eigenvalue weighted by molar-refractivity contribution is 0.393. The van der Waals surface area contributed by atoms with Crippen LogP contribution in [0.25, 0.3) is 0 Å². The van der Waals surface area contributed by atoms with Gasteiger partial charge in [-0.15, -0.1) is 11.8 Å². The summed E-state index contributed by atoms with van der Waals surface area (Å²) in [6, 6.07) is 8.56. The van der Waals surface area contributed by atoms with Crippen molar-refractivity contribution in [3.8, 4) is 0 Å². The van der Waals surface area contributed by atoms with Crippen molar-refractivity contribution in [3.63, 3.8) is 0 Å². The number of nitrogens with zero attached hydrogens (tertiary/aromatic N) is 1. The van der Waals surface area contributed by atoms with Gasteiger partial charge >= 0.3 is 0 Å². The first-order valence-electron chi connectivity index (χ1n) is 7.29. The summed E-state index contributed by atoms with van der Waals surface area (Å²) in [7, 11) is 0. The molecule has 0 fully saturated rings. The van der Waals surface area contributed by atoms with E-state index in [2.05, 4.69) is 61.7 Å². The summed E-state index contributed by atoms with van der Waals surface area (Å²) in [5, 5.41) is 6.77. The minimum atomic E-state index is 0.00458. The molecular weight excluding hydrogens is 280 g/mol. The van der Waals surface area contributed by atoms with Crippen LogP contribution in [-0.4, -0.2) is 31.3 Å². The highest BCUT2D eigenvalue weighted by Crippen LogP contribution is 2.24. The minimum absolute atomic E-state index is 0.00458. The van der Waals surface area contributed by atoms with Crippen molar-refractivity contribution >= 4 is 23.4 Å². The fourth-order valence-corrected chi connectivity index (χ4v) is 2.18. The number of hydrogen-bond acceptors (Lipinski definition) is 3. The maximum atomic E-state index is 5.78. The van der Waals surface area contributed by atoms with E-state index in [1.165, 1.54) is 4.90 Å². The summed E-state index contributed by atoms with van der Waals surface area (Å²) < 4.78 is 0. The van der Waals surface area contributed by atoms with Crippen LogP contribution in [0.5, 0.6) is 0 Å². The molecule has 0 aliphatic rings. The molecule has 0 saturated heterocycles. The summed E-state index contributed by atoms with van der Waals surface area (Å²) in [5.41, 5.74) is 6.85. The molecule has 0 spiro atoms. The first-order valence-corrected chi connectivity index (χ1v) is 8.51. The van der Waals surface area contributed by atoms with Gasteiger partial charge in [0.1, 0.15) is 0 Å². The molecule has 0 unspecified atom stereocenters. The van der Waals surface area contributed by atoms with Gasteiger partial charge in [0.25, 0.3) is 0 Å². The Balaban J connectivity index is 2.90. The summed E-state index contributed by atoms with van der Waals surface area (Å²) in [6.07, 6.45) is 2.07. The van der Waals surface area contributed by atoms with Gasteiger partial charge in [-0.1, -0.05) is 26.0 Å². The number of nitrogens with two attached hydrogens (primary N) is 1. The van der Waals surface area contributed by atoms with Crippen LogP contribution in [0.2, 0.25) is 0 Å². The van der Waals surface area contributed by atoms with Crippen molar-refractivity contribution < 1.29 is 0 Å². The van der Waals surface area contributed by atoms with E-state index in [9.17, 15) is 0 Å². The van der Waals surface area contributed by atoms with Gasteiger partial charge in [0, 0.05) is 17.5 Å². The number of benzene rings is 1.